The average molecular weight is 545 g/mol. The smallest absolute Gasteiger partial charge is 0.235 e. The molecular formula is C34H48N4O2. The van der Waals surface area contributed by atoms with Crippen molar-refractivity contribution in [3.8, 4) is 0 Å². The third-order valence-electron chi connectivity index (χ3n) is 9.38. The van der Waals surface area contributed by atoms with Crippen LogP contribution in [-0.4, -0.2) is 38.1 Å². The van der Waals surface area contributed by atoms with Crippen LogP contribution in [0.15, 0.2) is 41.1 Å². The fraction of sp³-hybridized carbons (Fsp3) is 0.588. The van der Waals surface area contributed by atoms with Crippen molar-refractivity contribution in [2.75, 3.05) is 6.54 Å². The summed E-state index contributed by atoms with van der Waals surface area (Å²) in [6, 6.07) is 4.02. The zero-order valence-electron chi connectivity index (χ0n) is 25.7. The molecule has 6 nitrogen and oxygen atoms in total. The van der Waals surface area contributed by atoms with E-state index in [2.05, 4.69) is 48.7 Å². The van der Waals surface area contributed by atoms with Crippen molar-refractivity contribution in [3.05, 3.63) is 69.6 Å². The predicted octanol–water partition coefficient (Wildman–Crippen LogP) is 7.57. The second-order valence-corrected chi connectivity index (χ2v) is 12.4. The van der Waals surface area contributed by atoms with E-state index in [0.717, 1.165) is 48.6 Å². The summed E-state index contributed by atoms with van der Waals surface area (Å²) >= 11 is 0. The van der Waals surface area contributed by atoms with Gasteiger partial charge in [0, 0.05) is 25.4 Å². The van der Waals surface area contributed by atoms with Crippen LogP contribution in [0, 0.1) is 25.7 Å². The Kier molecular flexibility index (Phi) is 9.48. The summed E-state index contributed by atoms with van der Waals surface area (Å²) in [5, 5.41) is 0. The van der Waals surface area contributed by atoms with Gasteiger partial charge in [0.15, 0.2) is 5.78 Å². The Balaban J connectivity index is 0.000000546. The minimum atomic E-state index is -0.534. The number of pyridine rings is 1. The Morgan fingerprint density at radius 1 is 1.12 bits per heavy atom. The Morgan fingerprint density at radius 2 is 1.85 bits per heavy atom. The van der Waals surface area contributed by atoms with Crippen molar-refractivity contribution in [3.63, 3.8) is 0 Å². The monoisotopic (exact) mass is 544 g/mol. The van der Waals surface area contributed by atoms with E-state index < -0.39 is 5.41 Å². The van der Waals surface area contributed by atoms with Crippen LogP contribution in [0.2, 0.25) is 0 Å². The number of aryl methyl sites for hydroxylation is 2. The van der Waals surface area contributed by atoms with Crippen LogP contribution in [-0.2, 0) is 16.8 Å². The van der Waals surface area contributed by atoms with Crippen molar-refractivity contribution in [1.82, 2.24) is 19.9 Å². The van der Waals surface area contributed by atoms with Crippen LogP contribution in [0.3, 0.4) is 0 Å². The molecule has 1 N–H and O–H groups in total. The summed E-state index contributed by atoms with van der Waals surface area (Å²) in [7, 11) is 0. The summed E-state index contributed by atoms with van der Waals surface area (Å²) in [4.78, 5) is 40.0. The maximum absolute atomic E-state index is 13.9. The lowest BCUT2D eigenvalue weighted by atomic mass is 9.84. The van der Waals surface area contributed by atoms with E-state index in [1.807, 2.05) is 37.1 Å². The number of ketones is 1. The van der Waals surface area contributed by atoms with Crippen LogP contribution >= 0.6 is 0 Å². The predicted molar refractivity (Wildman–Crippen MR) is 161 cm³/mol. The van der Waals surface area contributed by atoms with Crippen LogP contribution in [0.4, 0.5) is 0 Å². The maximum Gasteiger partial charge on any atom is 0.235 e. The molecule has 3 aliphatic rings. The molecule has 0 radical (unpaired) electrons. The van der Waals surface area contributed by atoms with E-state index >= 15 is 0 Å². The molecule has 2 aromatic rings. The minimum Gasteiger partial charge on any atom is -0.344 e. The normalized spacial score (nSPS) is 19.5. The molecule has 0 spiro atoms. The van der Waals surface area contributed by atoms with E-state index in [-0.39, 0.29) is 11.7 Å². The van der Waals surface area contributed by atoms with Gasteiger partial charge in [0.1, 0.15) is 11.5 Å². The van der Waals surface area contributed by atoms with E-state index in [1.54, 1.807) is 0 Å². The van der Waals surface area contributed by atoms with E-state index in [1.165, 1.54) is 49.3 Å². The number of amides is 1. The van der Waals surface area contributed by atoms with E-state index in [9.17, 15) is 9.59 Å². The highest BCUT2D eigenvalue weighted by Gasteiger charge is 2.54. The molecule has 2 fully saturated rings. The number of Topliss-reactive ketones (excluding diaryl/α,β-unsaturated/α-hetero) is 1. The van der Waals surface area contributed by atoms with Crippen molar-refractivity contribution < 1.29 is 9.59 Å². The Labute approximate surface area is 240 Å². The van der Waals surface area contributed by atoms with Crippen LogP contribution in [0.25, 0.3) is 0 Å². The van der Waals surface area contributed by atoms with Crippen molar-refractivity contribution in [2.45, 2.75) is 112 Å². The lowest BCUT2D eigenvalue weighted by Gasteiger charge is -2.27. The SMILES string of the molecule is CC(=O)c1nc(CN(CCCC2=CC(C)=C(C)C2C)C(=O)C2(c3ccc(C)cn3)CC2)[nH]c1C.CCC1CCC1. The van der Waals surface area contributed by atoms with Gasteiger partial charge in [-0.25, -0.2) is 4.98 Å². The molecule has 2 heterocycles. The fourth-order valence-corrected chi connectivity index (χ4v) is 5.93. The third kappa shape index (κ3) is 6.64. The van der Waals surface area contributed by atoms with Gasteiger partial charge >= 0.3 is 0 Å². The molecule has 3 aliphatic carbocycles. The van der Waals surface area contributed by atoms with Gasteiger partial charge in [0.25, 0.3) is 0 Å². The fourth-order valence-electron chi connectivity index (χ4n) is 5.93. The molecular weight excluding hydrogens is 496 g/mol. The molecule has 1 atom stereocenters. The van der Waals surface area contributed by atoms with Gasteiger partial charge in [0.2, 0.25) is 5.91 Å². The minimum absolute atomic E-state index is 0.0687. The quantitative estimate of drug-likeness (QED) is 0.313. The van der Waals surface area contributed by atoms with E-state index in [4.69, 9.17) is 0 Å². The average Bonchev–Trinajstić information content (AvgIpc) is 3.56. The summed E-state index contributed by atoms with van der Waals surface area (Å²) in [6.45, 7) is 15.3. The van der Waals surface area contributed by atoms with Gasteiger partial charge in [-0.05, 0) is 76.8 Å². The van der Waals surface area contributed by atoms with Crippen molar-refractivity contribution >= 4 is 11.7 Å². The first-order valence-electron chi connectivity index (χ1n) is 15.2. The van der Waals surface area contributed by atoms with Gasteiger partial charge < -0.3 is 9.88 Å². The first-order valence-corrected chi connectivity index (χ1v) is 15.2. The molecule has 2 aromatic heterocycles. The number of H-pyrrole nitrogens is 1. The van der Waals surface area contributed by atoms with Gasteiger partial charge in [-0.2, -0.15) is 0 Å². The summed E-state index contributed by atoms with van der Waals surface area (Å²) in [5.74, 6) is 2.29. The highest BCUT2D eigenvalue weighted by Crippen LogP contribution is 2.49. The van der Waals surface area contributed by atoms with Crippen molar-refractivity contribution in [1.29, 1.82) is 0 Å². The molecule has 1 unspecified atom stereocenters. The summed E-state index contributed by atoms with van der Waals surface area (Å²) in [5.41, 5.74) is 6.85. The second-order valence-electron chi connectivity index (χ2n) is 12.4. The number of carbonyl (C=O) groups excluding carboxylic acids is 2. The van der Waals surface area contributed by atoms with Gasteiger partial charge in [-0.3, -0.25) is 14.6 Å². The number of aromatic amines is 1. The lowest BCUT2D eigenvalue weighted by Crippen LogP contribution is -2.40. The molecule has 2 saturated carbocycles. The maximum atomic E-state index is 13.9. The largest absolute Gasteiger partial charge is 0.344 e. The second kappa shape index (κ2) is 12.7. The first-order chi connectivity index (χ1) is 19.1. The molecule has 1 amide bonds. The summed E-state index contributed by atoms with van der Waals surface area (Å²) in [6.07, 6.45) is 13.6. The van der Waals surface area contributed by atoms with Crippen LogP contribution in [0.1, 0.15) is 119 Å². The first kappa shape index (κ1) is 30.0. The van der Waals surface area contributed by atoms with E-state index in [0.29, 0.717) is 30.5 Å². The number of hydrogen-bond acceptors (Lipinski definition) is 4. The molecule has 0 bridgehead atoms. The number of allylic oxidation sites excluding steroid dienone is 4. The van der Waals surface area contributed by atoms with Gasteiger partial charge in [-0.15, -0.1) is 0 Å². The molecule has 0 saturated heterocycles. The molecule has 0 aromatic carbocycles. The Hall–Kier alpha value is -3.02. The number of aromatic nitrogens is 3. The third-order valence-corrected chi connectivity index (χ3v) is 9.38. The number of carbonyl (C=O) groups is 2. The number of hydrogen-bond donors (Lipinski definition) is 1. The topological polar surface area (TPSA) is 79.0 Å². The number of imidazole rings is 1. The number of nitrogens with one attached hydrogen (secondary N) is 1. The van der Waals surface area contributed by atoms with Gasteiger partial charge in [0.05, 0.1) is 17.7 Å². The van der Waals surface area contributed by atoms with Crippen LogP contribution in [0.5, 0.6) is 0 Å². The van der Waals surface area contributed by atoms with Gasteiger partial charge in [-0.1, -0.05) is 68.4 Å². The Morgan fingerprint density at radius 3 is 2.30 bits per heavy atom. The summed E-state index contributed by atoms with van der Waals surface area (Å²) < 4.78 is 0. The Bertz CT molecular complexity index is 1270. The standard InChI is InChI=1S/C28H36N4O2.C6H12/c1-17-9-10-24(29-15-17)28(11-12-28)27(34)32(16-25-30-21(5)26(31-25)22(6)33)13-7-8-23-14-18(2)19(3)20(23)4;1-2-6-4-3-5-6/h9-10,14-15,20H,7-8,11-13,16H2,1-6H3,(H,30,31);6H,2-5H2,1H3. The highest BCUT2D eigenvalue weighted by molar-refractivity contribution is 5.93. The molecule has 5 rings (SSSR count). The van der Waals surface area contributed by atoms with Crippen molar-refractivity contribution in [2.24, 2.45) is 11.8 Å². The highest BCUT2D eigenvalue weighted by atomic mass is 16.2. The molecule has 40 heavy (non-hydrogen) atoms. The number of rotatable bonds is 10. The zero-order valence-corrected chi connectivity index (χ0v) is 25.7. The molecule has 216 valence electrons. The number of nitrogens with zero attached hydrogens (tertiary/aromatic N) is 3. The lowest BCUT2D eigenvalue weighted by molar-refractivity contribution is -0.134. The zero-order chi connectivity index (χ0) is 29.0. The molecule has 6 heteroatoms. The molecule has 0 aliphatic heterocycles. The van der Waals surface area contributed by atoms with Crippen LogP contribution < -0.4 is 0 Å².